The van der Waals surface area contributed by atoms with Gasteiger partial charge in [-0.05, 0) is 49.5 Å². The zero-order chi connectivity index (χ0) is 16.6. The number of fused-ring (bicyclic) bond motifs is 1. The van der Waals surface area contributed by atoms with Gasteiger partial charge in [0.25, 0.3) is 5.56 Å². The zero-order valence-electron chi connectivity index (χ0n) is 13.4. The van der Waals surface area contributed by atoms with Gasteiger partial charge >= 0.3 is 0 Å². The van der Waals surface area contributed by atoms with Crippen molar-refractivity contribution in [2.75, 3.05) is 14.1 Å². The van der Waals surface area contributed by atoms with Gasteiger partial charge in [0.1, 0.15) is 11.6 Å². The summed E-state index contributed by atoms with van der Waals surface area (Å²) in [5.41, 5.74) is 2.17. The minimum absolute atomic E-state index is 0.0716. The third-order valence-electron chi connectivity index (χ3n) is 3.79. The van der Waals surface area contributed by atoms with Crippen LogP contribution in [0.4, 0.5) is 4.39 Å². The molecule has 0 aliphatic heterocycles. The summed E-state index contributed by atoms with van der Waals surface area (Å²) in [6, 6.07) is 11.8. The van der Waals surface area contributed by atoms with Crippen LogP contribution in [0.1, 0.15) is 5.82 Å². The van der Waals surface area contributed by atoms with Crippen molar-refractivity contribution in [3.05, 3.63) is 64.5 Å². The van der Waals surface area contributed by atoms with E-state index >= 15 is 0 Å². The molecule has 0 bridgehead atoms. The minimum Gasteiger partial charge on any atom is -0.302 e. The van der Waals surface area contributed by atoms with Crippen LogP contribution < -0.4 is 5.56 Å². The molecule has 3 rings (SSSR count). The van der Waals surface area contributed by atoms with Crippen LogP contribution in [0.5, 0.6) is 0 Å². The predicted molar refractivity (Wildman–Crippen MR) is 89.8 cm³/mol. The number of nitrogens with zero attached hydrogens (tertiary/aromatic N) is 3. The van der Waals surface area contributed by atoms with Crippen molar-refractivity contribution in [2.24, 2.45) is 7.05 Å². The average molecular weight is 311 g/mol. The molecule has 0 aliphatic carbocycles. The monoisotopic (exact) mass is 311 g/mol. The lowest BCUT2D eigenvalue weighted by Gasteiger charge is -2.14. The molecular formula is C18H18FN3O. The van der Waals surface area contributed by atoms with E-state index in [4.69, 9.17) is 0 Å². The van der Waals surface area contributed by atoms with Crippen molar-refractivity contribution in [1.82, 2.24) is 14.5 Å². The van der Waals surface area contributed by atoms with Crippen molar-refractivity contribution in [1.29, 1.82) is 0 Å². The Kier molecular flexibility index (Phi) is 3.96. The molecule has 3 aromatic rings. The van der Waals surface area contributed by atoms with E-state index in [0.717, 1.165) is 11.1 Å². The number of benzene rings is 2. The van der Waals surface area contributed by atoms with E-state index in [1.54, 1.807) is 23.7 Å². The summed E-state index contributed by atoms with van der Waals surface area (Å²) in [7, 11) is 5.59. The molecule has 0 aliphatic rings. The Hall–Kier alpha value is -2.53. The second kappa shape index (κ2) is 5.93. The maximum atomic E-state index is 13.4. The summed E-state index contributed by atoms with van der Waals surface area (Å²) in [5, 5.41) is 0.565. The molecule has 23 heavy (non-hydrogen) atoms. The Bertz CT molecular complexity index is 931. The summed E-state index contributed by atoms with van der Waals surface area (Å²) in [5.74, 6) is 0.414. The Morgan fingerprint density at radius 1 is 1.13 bits per heavy atom. The standard InChI is InChI=1S/C18H18FN3O/c1-21(2)11-17-20-16-10-13(12-5-4-6-14(19)9-12)7-8-15(16)18(23)22(17)3/h4-10H,11H2,1-3H3. The average Bonchev–Trinajstić information content (AvgIpc) is 2.51. The molecule has 0 fully saturated rings. The van der Waals surface area contributed by atoms with Crippen LogP contribution in [-0.2, 0) is 13.6 Å². The highest BCUT2D eigenvalue weighted by Gasteiger charge is 2.10. The molecule has 0 amide bonds. The van der Waals surface area contributed by atoms with Crippen molar-refractivity contribution in [2.45, 2.75) is 6.54 Å². The van der Waals surface area contributed by atoms with Gasteiger partial charge in [-0.3, -0.25) is 9.36 Å². The van der Waals surface area contributed by atoms with Gasteiger partial charge < -0.3 is 4.90 Å². The van der Waals surface area contributed by atoms with Crippen molar-refractivity contribution in [3.63, 3.8) is 0 Å². The van der Waals surface area contributed by atoms with Crippen LogP contribution in [0.25, 0.3) is 22.0 Å². The maximum absolute atomic E-state index is 13.4. The van der Waals surface area contributed by atoms with Crippen LogP contribution in [-0.4, -0.2) is 28.5 Å². The van der Waals surface area contributed by atoms with Crippen molar-refractivity contribution in [3.8, 4) is 11.1 Å². The third kappa shape index (κ3) is 3.00. The molecule has 0 spiro atoms. The van der Waals surface area contributed by atoms with Gasteiger partial charge in [-0.2, -0.15) is 0 Å². The van der Waals surface area contributed by atoms with Gasteiger partial charge in [-0.25, -0.2) is 9.37 Å². The van der Waals surface area contributed by atoms with Crippen LogP contribution in [0.3, 0.4) is 0 Å². The summed E-state index contributed by atoms with van der Waals surface area (Å²) in [6.45, 7) is 0.575. The highest BCUT2D eigenvalue weighted by atomic mass is 19.1. The van der Waals surface area contributed by atoms with Crippen molar-refractivity contribution >= 4 is 10.9 Å². The van der Waals surface area contributed by atoms with E-state index in [0.29, 0.717) is 23.3 Å². The molecule has 4 nitrogen and oxygen atoms in total. The largest absolute Gasteiger partial charge is 0.302 e. The van der Waals surface area contributed by atoms with Gasteiger partial charge in [0.05, 0.1) is 17.4 Å². The molecular weight excluding hydrogens is 293 g/mol. The number of rotatable bonds is 3. The second-order valence-corrected chi connectivity index (χ2v) is 5.87. The molecule has 0 N–H and O–H groups in total. The summed E-state index contributed by atoms with van der Waals surface area (Å²) in [6.07, 6.45) is 0. The van der Waals surface area contributed by atoms with Gasteiger partial charge in [0.2, 0.25) is 0 Å². The van der Waals surface area contributed by atoms with Gasteiger partial charge in [0.15, 0.2) is 0 Å². The number of hydrogen-bond donors (Lipinski definition) is 0. The van der Waals surface area contributed by atoms with Crippen molar-refractivity contribution < 1.29 is 4.39 Å². The van der Waals surface area contributed by atoms with E-state index in [1.165, 1.54) is 12.1 Å². The second-order valence-electron chi connectivity index (χ2n) is 5.87. The zero-order valence-corrected chi connectivity index (χ0v) is 13.4. The Morgan fingerprint density at radius 2 is 1.87 bits per heavy atom. The lowest BCUT2D eigenvalue weighted by molar-refractivity contribution is 0.382. The molecule has 0 radical (unpaired) electrons. The molecule has 0 unspecified atom stereocenters. The van der Waals surface area contributed by atoms with E-state index < -0.39 is 0 Å². The normalized spacial score (nSPS) is 11.3. The van der Waals surface area contributed by atoms with E-state index in [9.17, 15) is 9.18 Å². The van der Waals surface area contributed by atoms with Gasteiger partial charge in [-0.15, -0.1) is 0 Å². The summed E-state index contributed by atoms with van der Waals surface area (Å²) in [4.78, 5) is 19.1. The lowest BCUT2D eigenvalue weighted by atomic mass is 10.0. The highest BCUT2D eigenvalue weighted by Crippen LogP contribution is 2.23. The molecule has 2 aromatic carbocycles. The first-order valence-corrected chi connectivity index (χ1v) is 7.36. The molecule has 5 heteroatoms. The SMILES string of the molecule is CN(C)Cc1nc2cc(-c3cccc(F)c3)ccc2c(=O)n1C. The smallest absolute Gasteiger partial charge is 0.261 e. The Labute approximate surface area is 133 Å². The van der Waals surface area contributed by atoms with Gasteiger partial charge in [-0.1, -0.05) is 18.2 Å². The molecule has 0 saturated carbocycles. The summed E-state index contributed by atoms with van der Waals surface area (Å²) < 4.78 is 15.0. The fourth-order valence-electron chi connectivity index (χ4n) is 2.59. The first kappa shape index (κ1) is 15.4. The van der Waals surface area contributed by atoms with Crippen LogP contribution >= 0.6 is 0 Å². The molecule has 1 heterocycles. The minimum atomic E-state index is -0.284. The molecule has 0 atom stereocenters. The Balaban J connectivity index is 2.19. The third-order valence-corrected chi connectivity index (χ3v) is 3.79. The summed E-state index contributed by atoms with van der Waals surface area (Å²) >= 11 is 0. The number of hydrogen-bond acceptors (Lipinski definition) is 3. The first-order chi connectivity index (χ1) is 11.0. The quantitative estimate of drug-likeness (QED) is 0.746. The van der Waals surface area contributed by atoms with Crippen LogP contribution in [0, 0.1) is 5.82 Å². The highest BCUT2D eigenvalue weighted by molar-refractivity contribution is 5.83. The fourth-order valence-corrected chi connectivity index (χ4v) is 2.59. The fraction of sp³-hybridized carbons (Fsp3) is 0.222. The Morgan fingerprint density at radius 3 is 2.57 bits per heavy atom. The van der Waals surface area contributed by atoms with Crippen LogP contribution in [0.2, 0.25) is 0 Å². The number of aromatic nitrogens is 2. The predicted octanol–water partition coefficient (Wildman–Crippen LogP) is 2.80. The molecule has 118 valence electrons. The molecule has 1 aromatic heterocycles. The van der Waals surface area contributed by atoms with Gasteiger partial charge in [0, 0.05) is 7.05 Å². The lowest BCUT2D eigenvalue weighted by Crippen LogP contribution is -2.26. The first-order valence-electron chi connectivity index (χ1n) is 7.36. The molecule has 0 saturated heterocycles. The topological polar surface area (TPSA) is 38.1 Å². The number of halogens is 1. The van der Waals surface area contributed by atoms with Crippen LogP contribution in [0.15, 0.2) is 47.3 Å². The van der Waals surface area contributed by atoms with E-state index in [1.807, 2.05) is 37.2 Å². The maximum Gasteiger partial charge on any atom is 0.261 e. The van der Waals surface area contributed by atoms with E-state index in [2.05, 4.69) is 4.98 Å². The van der Waals surface area contributed by atoms with E-state index in [-0.39, 0.29) is 11.4 Å².